The normalized spacial score (nSPS) is 18.3. The molecule has 2 aliphatic heterocycles. The summed E-state index contributed by atoms with van der Waals surface area (Å²) in [6, 6.07) is 2.44. The first kappa shape index (κ1) is 11.8. The molecule has 0 unspecified atom stereocenters. The maximum atomic E-state index is 4.21. The van der Waals surface area contributed by atoms with Crippen molar-refractivity contribution in [2.75, 3.05) is 25.0 Å². The molecule has 0 bridgehead atoms. The molecule has 0 fully saturated rings. The predicted molar refractivity (Wildman–Crippen MR) is 78.2 cm³/mol. The van der Waals surface area contributed by atoms with Crippen LogP contribution in [0, 0.1) is 0 Å². The van der Waals surface area contributed by atoms with Crippen molar-refractivity contribution < 1.29 is 0 Å². The first-order valence-electron chi connectivity index (χ1n) is 7.05. The lowest BCUT2D eigenvalue weighted by molar-refractivity contribution is 0.710. The van der Waals surface area contributed by atoms with E-state index in [2.05, 4.69) is 30.2 Å². The molecule has 2 heterocycles. The fourth-order valence-electron chi connectivity index (χ4n) is 3.27. The van der Waals surface area contributed by atoms with Crippen LogP contribution in [-0.4, -0.2) is 19.6 Å². The van der Waals surface area contributed by atoms with Gasteiger partial charge in [-0.05, 0) is 68.0 Å². The van der Waals surface area contributed by atoms with Gasteiger partial charge in [-0.25, -0.2) is 0 Å². The van der Waals surface area contributed by atoms with Crippen LogP contribution in [0.1, 0.15) is 35.6 Å². The van der Waals surface area contributed by atoms with E-state index in [4.69, 9.17) is 0 Å². The minimum atomic E-state index is 1.09. The standard InChI is InChI=1S/C16H22N2/c1-11(2)15-14-6-9-17-8-5-12(14)10-13-4-3-7-18-16(13)15/h10,17-18H,1,3-9H2,2H3. The van der Waals surface area contributed by atoms with Gasteiger partial charge in [-0.3, -0.25) is 0 Å². The lowest BCUT2D eigenvalue weighted by Crippen LogP contribution is -2.16. The number of nitrogens with one attached hydrogen (secondary N) is 2. The molecule has 0 spiro atoms. The van der Waals surface area contributed by atoms with Crippen molar-refractivity contribution in [3.05, 3.63) is 34.9 Å². The van der Waals surface area contributed by atoms with Crippen molar-refractivity contribution in [3.63, 3.8) is 0 Å². The van der Waals surface area contributed by atoms with Gasteiger partial charge in [0.1, 0.15) is 0 Å². The van der Waals surface area contributed by atoms with Crippen molar-refractivity contribution in [2.24, 2.45) is 0 Å². The number of rotatable bonds is 1. The van der Waals surface area contributed by atoms with Gasteiger partial charge in [0.25, 0.3) is 0 Å². The number of allylic oxidation sites excluding steroid dienone is 1. The van der Waals surface area contributed by atoms with Gasteiger partial charge in [-0.1, -0.05) is 12.6 Å². The van der Waals surface area contributed by atoms with Crippen LogP contribution in [-0.2, 0) is 19.3 Å². The smallest absolute Gasteiger partial charge is 0.0451 e. The molecule has 0 saturated carbocycles. The first-order valence-corrected chi connectivity index (χ1v) is 7.05. The predicted octanol–water partition coefficient (Wildman–Crippen LogP) is 2.77. The highest BCUT2D eigenvalue weighted by Crippen LogP contribution is 2.36. The van der Waals surface area contributed by atoms with E-state index in [0.29, 0.717) is 0 Å². The minimum absolute atomic E-state index is 1.09. The number of anilines is 1. The van der Waals surface area contributed by atoms with E-state index in [9.17, 15) is 0 Å². The van der Waals surface area contributed by atoms with Crippen LogP contribution in [0.25, 0.3) is 5.57 Å². The molecule has 0 radical (unpaired) electrons. The van der Waals surface area contributed by atoms with Gasteiger partial charge in [-0.15, -0.1) is 0 Å². The molecule has 0 amide bonds. The second kappa shape index (κ2) is 4.77. The Hall–Kier alpha value is -1.28. The summed E-state index contributed by atoms with van der Waals surface area (Å²) in [4.78, 5) is 0. The number of hydrogen-bond acceptors (Lipinski definition) is 2. The zero-order chi connectivity index (χ0) is 12.5. The summed E-state index contributed by atoms with van der Waals surface area (Å²) in [5.41, 5.74) is 8.56. The molecule has 0 saturated heterocycles. The third-order valence-electron chi connectivity index (χ3n) is 4.08. The summed E-state index contributed by atoms with van der Waals surface area (Å²) < 4.78 is 0. The molecule has 2 aliphatic rings. The summed E-state index contributed by atoms with van der Waals surface area (Å²) in [6.07, 6.45) is 4.75. The highest BCUT2D eigenvalue weighted by molar-refractivity contribution is 5.80. The fourth-order valence-corrected chi connectivity index (χ4v) is 3.27. The van der Waals surface area contributed by atoms with E-state index >= 15 is 0 Å². The van der Waals surface area contributed by atoms with Crippen LogP contribution in [0.3, 0.4) is 0 Å². The Kier molecular flexibility index (Phi) is 3.13. The Balaban J connectivity index is 2.20. The summed E-state index contributed by atoms with van der Waals surface area (Å²) in [7, 11) is 0. The van der Waals surface area contributed by atoms with E-state index in [0.717, 1.165) is 32.5 Å². The Labute approximate surface area is 109 Å². The number of aryl methyl sites for hydroxylation is 1. The molecule has 2 heteroatoms. The monoisotopic (exact) mass is 242 g/mol. The van der Waals surface area contributed by atoms with Crippen LogP contribution in [0.5, 0.6) is 0 Å². The molecule has 18 heavy (non-hydrogen) atoms. The summed E-state index contributed by atoms with van der Waals surface area (Å²) in [5, 5.41) is 7.10. The van der Waals surface area contributed by atoms with Crippen LogP contribution in [0.4, 0.5) is 5.69 Å². The first-order chi connectivity index (χ1) is 8.77. The SMILES string of the molecule is C=C(C)c1c2c(cc3c1NCCC3)CCNCC2. The summed E-state index contributed by atoms with van der Waals surface area (Å²) >= 11 is 0. The molecule has 96 valence electrons. The topological polar surface area (TPSA) is 24.1 Å². The maximum Gasteiger partial charge on any atom is 0.0451 e. The van der Waals surface area contributed by atoms with Gasteiger partial charge in [-0.2, -0.15) is 0 Å². The molecule has 0 aliphatic carbocycles. The van der Waals surface area contributed by atoms with Crippen molar-refractivity contribution in [3.8, 4) is 0 Å². The molecule has 3 rings (SSSR count). The van der Waals surface area contributed by atoms with Crippen molar-refractivity contribution in [1.82, 2.24) is 5.32 Å². The Morgan fingerprint density at radius 1 is 1.11 bits per heavy atom. The summed E-state index contributed by atoms with van der Waals surface area (Å²) in [5.74, 6) is 0. The second-order valence-electron chi connectivity index (χ2n) is 5.48. The largest absolute Gasteiger partial charge is 0.384 e. The van der Waals surface area contributed by atoms with Crippen LogP contribution >= 0.6 is 0 Å². The van der Waals surface area contributed by atoms with E-state index in [1.165, 1.54) is 40.8 Å². The van der Waals surface area contributed by atoms with Crippen molar-refractivity contribution >= 4 is 11.3 Å². The average molecular weight is 242 g/mol. The van der Waals surface area contributed by atoms with Gasteiger partial charge in [0.05, 0.1) is 0 Å². The lowest BCUT2D eigenvalue weighted by Gasteiger charge is -2.26. The molecular weight excluding hydrogens is 220 g/mol. The molecule has 0 atom stereocenters. The van der Waals surface area contributed by atoms with Gasteiger partial charge in [0.15, 0.2) is 0 Å². The summed E-state index contributed by atoms with van der Waals surface area (Å²) in [6.45, 7) is 9.65. The highest BCUT2D eigenvalue weighted by atomic mass is 14.9. The zero-order valence-corrected chi connectivity index (χ0v) is 11.2. The molecule has 0 aromatic heterocycles. The van der Waals surface area contributed by atoms with Crippen molar-refractivity contribution in [1.29, 1.82) is 0 Å². The molecule has 2 N–H and O–H groups in total. The van der Waals surface area contributed by atoms with E-state index in [1.54, 1.807) is 5.56 Å². The van der Waals surface area contributed by atoms with Gasteiger partial charge in [0.2, 0.25) is 0 Å². The van der Waals surface area contributed by atoms with Crippen LogP contribution in [0.15, 0.2) is 12.6 Å². The van der Waals surface area contributed by atoms with Crippen molar-refractivity contribution in [2.45, 2.75) is 32.6 Å². The fraction of sp³-hybridized carbons (Fsp3) is 0.500. The minimum Gasteiger partial charge on any atom is -0.384 e. The van der Waals surface area contributed by atoms with Gasteiger partial charge in [0, 0.05) is 17.8 Å². The van der Waals surface area contributed by atoms with E-state index < -0.39 is 0 Å². The van der Waals surface area contributed by atoms with Crippen LogP contribution in [0.2, 0.25) is 0 Å². The quantitative estimate of drug-likeness (QED) is 0.791. The number of benzene rings is 1. The third kappa shape index (κ3) is 1.95. The number of fused-ring (bicyclic) bond motifs is 2. The molecule has 1 aromatic rings. The molecule has 2 nitrogen and oxygen atoms in total. The Morgan fingerprint density at radius 3 is 2.78 bits per heavy atom. The lowest BCUT2D eigenvalue weighted by atomic mass is 9.86. The third-order valence-corrected chi connectivity index (χ3v) is 4.08. The van der Waals surface area contributed by atoms with Crippen LogP contribution < -0.4 is 10.6 Å². The molecule has 1 aromatic carbocycles. The highest BCUT2D eigenvalue weighted by Gasteiger charge is 2.21. The van der Waals surface area contributed by atoms with E-state index in [-0.39, 0.29) is 0 Å². The second-order valence-corrected chi connectivity index (χ2v) is 5.48. The number of hydrogen-bond donors (Lipinski definition) is 2. The average Bonchev–Trinajstić information content (AvgIpc) is 2.60. The van der Waals surface area contributed by atoms with Gasteiger partial charge >= 0.3 is 0 Å². The zero-order valence-electron chi connectivity index (χ0n) is 11.2. The Morgan fingerprint density at radius 2 is 1.94 bits per heavy atom. The van der Waals surface area contributed by atoms with E-state index in [1.807, 2.05) is 0 Å². The maximum absolute atomic E-state index is 4.21. The Bertz CT molecular complexity index is 488. The molecular formula is C16H22N2. The van der Waals surface area contributed by atoms with Gasteiger partial charge < -0.3 is 10.6 Å².